The summed E-state index contributed by atoms with van der Waals surface area (Å²) in [6, 6.07) is 2.39. The third-order valence-electron chi connectivity index (χ3n) is 9.22. The maximum atomic E-state index is 15.3. The zero-order valence-electron chi connectivity index (χ0n) is 31.5. The number of nitrogens with zero attached hydrogens (tertiary/aromatic N) is 6. The van der Waals surface area contributed by atoms with Gasteiger partial charge in [0, 0.05) is 37.4 Å². The van der Waals surface area contributed by atoms with E-state index in [1.165, 1.54) is 16.8 Å². The van der Waals surface area contributed by atoms with E-state index in [2.05, 4.69) is 15.0 Å². The van der Waals surface area contributed by atoms with Crippen LogP contribution in [0.4, 0.5) is 19.4 Å². The summed E-state index contributed by atoms with van der Waals surface area (Å²) >= 11 is 13.0. The number of anilines is 1. The number of amides is 1. The molecular weight excluding hydrogens is 721 g/mol. The molecular formula is C35H50Cl2F2N6O5Si. The van der Waals surface area contributed by atoms with Gasteiger partial charge in [-0.1, -0.05) is 57.8 Å². The van der Waals surface area contributed by atoms with Crippen molar-refractivity contribution in [2.75, 3.05) is 31.2 Å². The van der Waals surface area contributed by atoms with Crippen molar-refractivity contribution in [2.45, 2.75) is 117 Å². The van der Waals surface area contributed by atoms with Gasteiger partial charge in [0.2, 0.25) is 0 Å². The number of ether oxygens (including phenoxy) is 2. The van der Waals surface area contributed by atoms with Gasteiger partial charge in [0.15, 0.2) is 20.6 Å². The molecule has 0 saturated carbocycles. The molecule has 2 atom stereocenters. The number of pyridine rings is 2. The van der Waals surface area contributed by atoms with Crippen LogP contribution < -0.4 is 15.3 Å². The minimum Gasteiger partial charge on any atom is -0.485 e. The molecule has 16 heteroatoms. The molecule has 282 valence electrons. The van der Waals surface area contributed by atoms with Gasteiger partial charge in [0.1, 0.15) is 34.6 Å². The van der Waals surface area contributed by atoms with E-state index in [9.17, 15) is 9.59 Å². The molecule has 4 rings (SSSR count). The van der Waals surface area contributed by atoms with Gasteiger partial charge in [-0.3, -0.25) is 4.98 Å². The first-order valence-electron chi connectivity index (χ1n) is 17.0. The molecule has 1 fully saturated rings. The molecule has 11 nitrogen and oxygen atoms in total. The summed E-state index contributed by atoms with van der Waals surface area (Å²) in [5.41, 5.74) is -0.830. The lowest BCUT2D eigenvalue weighted by Gasteiger charge is -2.44. The second-order valence-corrected chi connectivity index (χ2v) is 21.6. The number of piperazine rings is 1. The Hall–Kier alpha value is -3.07. The fraction of sp³-hybridized carbons (Fsp3) is 0.629. The lowest BCUT2D eigenvalue weighted by molar-refractivity contribution is -0.0761. The molecule has 1 aliphatic heterocycles. The van der Waals surface area contributed by atoms with Gasteiger partial charge >= 0.3 is 17.7 Å². The zero-order chi connectivity index (χ0) is 38.4. The molecule has 1 saturated heterocycles. The Morgan fingerprint density at radius 3 is 2.27 bits per heavy atom. The van der Waals surface area contributed by atoms with Crippen molar-refractivity contribution in [3.8, 4) is 11.4 Å². The highest BCUT2D eigenvalue weighted by Gasteiger charge is 2.42. The quantitative estimate of drug-likeness (QED) is 0.156. The number of fused-ring (bicyclic) bond motifs is 1. The second kappa shape index (κ2) is 14.7. The van der Waals surface area contributed by atoms with Crippen LogP contribution in [0.3, 0.4) is 0 Å². The molecule has 0 aromatic carbocycles. The maximum absolute atomic E-state index is 15.3. The minimum absolute atomic E-state index is 0.0144. The third-order valence-corrected chi connectivity index (χ3v) is 14.4. The van der Waals surface area contributed by atoms with E-state index < -0.39 is 44.8 Å². The standard InChI is InChI=1S/C35H50Cl2F2N6O5Si/c1-20(2)26-27(25(13-14-40-26)48-18-35(38,39)19-49-51(11,12)34(8,9)10)45-30-23(15-24(36)28(37)41-30)29(42-31(45)46)43-16-22(4)44(17-21(43)3)32(47)50-33(5,6)7/h13-15,20-22H,16-19H2,1-12H3/t21-,22+/m0/s1. The lowest BCUT2D eigenvalue weighted by Crippen LogP contribution is -2.59. The highest BCUT2D eigenvalue weighted by Crippen LogP contribution is 2.39. The topological polar surface area (TPSA) is 112 Å². The number of alkyl halides is 2. The number of hydrogen-bond acceptors (Lipinski definition) is 9. The molecule has 3 aromatic heterocycles. The molecule has 0 aliphatic carbocycles. The number of rotatable bonds is 9. The Bertz CT molecular complexity index is 1830. The van der Waals surface area contributed by atoms with E-state index in [-0.39, 0.29) is 56.1 Å². The van der Waals surface area contributed by atoms with Gasteiger partial charge in [-0.05, 0) is 64.7 Å². The van der Waals surface area contributed by atoms with E-state index in [4.69, 9.17) is 37.1 Å². The third kappa shape index (κ3) is 9.12. The van der Waals surface area contributed by atoms with Gasteiger partial charge < -0.3 is 23.7 Å². The van der Waals surface area contributed by atoms with Crippen LogP contribution in [0.15, 0.2) is 23.1 Å². The van der Waals surface area contributed by atoms with Crippen LogP contribution in [0.1, 0.15) is 80.8 Å². The largest absolute Gasteiger partial charge is 0.485 e. The van der Waals surface area contributed by atoms with Crippen LogP contribution in [0.25, 0.3) is 16.7 Å². The summed E-state index contributed by atoms with van der Waals surface area (Å²) in [5, 5.41) is 0.177. The second-order valence-electron chi connectivity index (χ2n) is 16.1. The van der Waals surface area contributed by atoms with Crippen molar-refractivity contribution in [3.05, 3.63) is 44.7 Å². The molecule has 1 aliphatic rings. The average molecular weight is 772 g/mol. The van der Waals surface area contributed by atoms with Gasteiger partial charge in [0.25, 0.3) is 0 Å². The maximum Gasteiger partial charge on any atom is 0.410 e. The van der Waals surface area contributed by atoms with Crippen LogP contribution in [0, 0.1) is 0 Å². The predicted molar refractivity (Wildman–Crippen MR) is 200 cm³/mol. The molecule has 1 amide bonds. The number of carbonyl (C=O) groups excluding carboxylic acids is 1. The van der Waals surface area contributed by atoms with Crippen molar-refractivity contribution in [1.29, 1.82) is 0 Å². The first-order chi connectivity index (χ1) is 23.3. The van der Waals surface area contributed by atoms with Crippen LogP contribution >= 0.6 is 23.2 Å². The van der Waals surface area contributed by atoms with Crippen LogP contribution in [0.2, 0.25) is 28.3 Å². The lowest BCUT2D eigenvalue weighted by atomic mass is 10.1. The summed E-state index contributed by atoms with van der Waals surface area (Å²) in [4.78, 5) is 44.4. The molecule has 4 heterocycles. The summed E-state index contributed by atoms with van der Waals surface area (Å²) in [5.74, 6) is -3.34. The first-order valence-corrected chi connectivity index (χ1v) is 20.7. The van der Waals surface area contributed by atoms with E-state index in [0.29, 0.717) is 24.2 Å². The Kier molecular flexibility index (Phi) is 11.8. The van der Waals surface area contributed by atoms with Crippen LogP contribution in [-0.2, 0) is 9.16 Å². The first kappa shape index (κ1) is 40.7. The Balaban J connectivity index is 1.81. The Morgan fingerprint density at radius 2 is 1.69 bits per heavy atom. The van der Waals surface area contributed by atoms with Crippen LogP contribution in [-0.4, -0.2) is 88.7 Å². The van der Waals surface area contributed by atoms with E-state index >= 15 is 8.78 Å². The highest BCUT2D eigenvalue weighted by atomic mass is 35.5. The minimum atomic E-state index is -3.34. The predicted octanol–water partition coefficient (Wildman–Crippen LogP) is 8.48. The molecule has 3 aromatic rings. The molecule has 0 spiro atoms. The summed E-state index contributed by atoms with van der Waals surface area (Å²) in [6.07, 6.45) is 1.01. The number of halogens is 4. The summed E-state index contributed by atoms with van der Waals surface area (Å²) < 4.78 is 49.1. The fourth-order valence-corrected chi connectivity index (χ4v) is 6.73. The fourth-order valence-electron chi connectivity index (χ4n) is 5.44. The van der Waals surface area contributed by atoms with Crippen molar-refractivity contribution < 1.29 is 27.5 Å². The van der Waals surface area contributed by atoms with E-state index in [1.807, 2.05) is 87.2 Å². The van der Waals surface area contributed by atoms with Gasteiger partial charge in [0.05, 0.1) is 16.1 Å². The van der Waals surface area contributed by atoms with Gasteiger partial charge in [-0.15, -0.1) is 0 Å². The normalized spacial score (nSPS) is 17.7. The highest BCUT2D eigenvalue weighted by molar-refractivity contribution is 6.74. The smallest absolute Gasteiger partial charge is 0.410 e. The van der Waals surface area contributed by atoms with Crippen molar-refractivity contribution in [3.63, 3.8) is 0 Å². The molecule has 0 radical (unpaired) electrons. The Labute approximate surface area is 309 Å². The molecule has 51 heavy (non-hydrogen) atoms. The number of carbonyl (C=O) groups is 1. The van der Waals surface area contributed by atoms with E-state index in [1.54, 1.807) is 11.0 Å². The van der Waals surface area contributed by atoms with Crippen molar-refractivity contribution in [2.24, 2.45) is 0 Å². The van der Waals surface area contributed by atoms with Gasteiger partial charge in [-0.2, -0.15) is 4.98 Å². The Morgan fingerprint density at radius 1 is 1.04 bits per heavy atom. The molecule has 0 bridgehead atoms. The van der Waals surface area contributed by atoms with Gasteiger partial charge in [-0.25, -0.2) is 27.9 Å². The number of hydrogen-bond donors (Lipinski definition) is 0. The number of aromatic nitrogens is 4. The van der Waals surface area contributed by atoms with Crippen molar-refractivity contribution in [1.82, 2.24) is 24.4 Å². The SMILES string of the molecule is CC(C)c1nccc(OCC(F)(F)CO[Si](C)(C)C(C)(C)C)c1-n1c(=O)nc(N2C[C@@H](C)N(C(=O)OC(C)(C)C)C[C@@H]2C)c2cc(Cl)c(Cl)nc21. The van der Waals surface area contributed by atoms with E-state index in [0.717, 1.165) is 0 Å². The summed E-state index contributed by atoms with van der Waals surface area (Å²) in [6.45, 7) is 21.5. The average Bonchev–Trinajstić information content (AvgIpc) is 2.99. The summed E-state index contributed by atoms with van der Waals surface area (Å²) in [7, 11) is -2.47. The molecule has 0 unspecified atom stereocenters. The van der Waals surface area contributed by atoms with Crippen LogP contribution in [0.5, 0.6) is 5.75 Å². The zero-order valence-corrected chi connectivity index (χ0v) is 34.0. The van der Waals surface area contributed by atoms with Crippen molar-refractivity contribution >= 4 is 54.5 Å². The monoisotopic (exact) mass is 770 g/mol. The molecule has 0 N–H and O–H groups in total.